The third-order valence-electron chi connectivity index (χ3n) is 5.14. The quantitative estimate of drug-likeness (QED) is 0.679. The van der Waals surface area contributed by atoms with Gasteiger partial charge in [-0.25, -0.2) is 28.5 Å². The van der Waals surface area contributed by atoms with E-state index in [0.29, 0.717) is 26.6 Å². The predicted molar refractivity (Wildman–Crippen MR) is 103 cm³/mol. The van der Waals surface area contributed by atoms with Gasteiger partial charge in [0, 0.05) is 38.2 Å². The van der Waals surface area contributed by atoms with E-state index in [0.717, 1.165) is 12.4 Å². The maximum Gasteiger partial charge on any atom is 0.430 e. The number of piperazine rings is 1. The number of carbonyl (C=O) groups excluding carboxylic acids is 1. The highest BCUT2D eigenvalue weighted by molar-refractivity contribution is 5.88. The van der Waals surface area contributed by atoms with Crippen molar-refractivity contribution in [3.63, 3.8) is 0 Å². The fourth-order valence-corrected chi connectivity index (χ4v) is 3.66. The lowest BCUT2D eigenvalue weighted by Crippen LogP contribution is -2.49. The van der Waals surface area contributed by atoms with Crippen molar-refractivity contribution in [3.05, 3.63) is 29.6 Å². The number of ether oxygens (including phenoxy) is 1. The minimum Gasteiger partial charge on any atom is -0.431 e. The van der Waals surface area contributed by atoms with Crippen molar-refractivity contribution in [1.29, 1.82) is 0 Å². The van der Waals surface area contributed by atoms with E-state index < -0.39 is 41.2 Å². The minimum atomic E-state index is -4.98. The highest BCUT2D eigenvalue weighted by Crippen LogP contribution is 2.45. The molecule has 0 saturated carbocycles. The molecule has 2 aliphatic rings. The first kappa shape index (κ1) is 22.1. The number of alkyl halides is 5. The molecule has 2 aromatic heterocycles. The molecule has 0 aromatic carbocycles. The predicted octanol–water partition coefficient (Wildman–Crippen LogP) is 3.61. The number of nitrogens with one attached hydrogen (secondary N) is 2. The molecule has 0 unspecified atom stereocenters. The second-order valence-electron chi connectivity index (χ2n) is 7.73. The summed E-state index contributed by atoms with van der Waals surface area (Å²) in [6.45, 7) is 4.14. The monoisotopic (exact) mass is 458 g/mol. The molecular formula is C19H19F5N6O2. The number of anilines is 2. The fourth-order valence-electron chi connectivity index (χ4n) is 3.66. The molecule has 0 aliphatic carbocycles. The molecule has 1 amide bonds. The number of hydrogen-bond acceptors (Lipinski definition) is 7. The Balaban J connectivity index is 1.90. The Morgan fingerprint density at radius 1 is 1.19 bits per heavy atom. The van der Waals surface area contributed by atoms with E-state index in [1.165, 1.54) is 6.07 Å². The molecule has 2 aromatic rings. The standard InChI is InChI=1S/C19H19F5N6O2/c1-9-7-30(4-3-25-9)12-6-10(18(2,20)21)5-11(28-12)14-13-15(19(22,23)24)32-17(31)29-16(13)27-8-26-14/h5-6,8-9,15,25H,3-4,7H2,1-2H3,(H,26,27,29,31)/t9-,15-/m0/s1. The van der Waals surface area contributed by atoms with Crippen LogP contribution >= 0.6 is 0 Å². The summed E-state index contributed by atoms with van der Waals surface area (Å²) in [5, 5.41) is 5.31. The summed E-state index contributed by atoms with van der Waals surface area (Å²) in [6.07, 6.45) is -8.05. The third kappa shape index (κ3) is 4.29. The molecule has 2 N–H and O–H groups in total. The van der Waals surface area contributed by atoms with Crippen molar-refractivity contribution in [2.75, 3.05) is 29.9 Å². The SMILES string of the molecule is C[C@H]1CN(c2cc(C(C)(F)F)cc(-c3ncnc4c3[C@@H](C(F)(F)F)OC(=O)N4)n2)CCN1. The molecular weight excluding hydrogens is 439 g/mol. The van der Waals surface area contributed by atoms with Crippen LogP contribution in [0.2, 0.25) is 0 Å². The van der Waals surface area contributed by atoms with Gasteiger partial charge in [0.15, 0.2) is 0 Å². The third-order valence-corrected chi connectivity index (χ3v) is 5.14. The van der Waals surface area contributed by atoms with Crippen molar-refractivity contribution in [3.8, 4) is 11.4 Å². The van der Waals surface area contributed by atoms with Crippen molar-refractivity contribution >= 4 is 17.7 Å². The molecule has 2 atom stereocenters. The summed E-state index contributed by atoms with van der Waals surface area (Å²) in [5.41, 5.74) is -1.59. The van der Waals surface area contributed by atoms with Gasteiger partial charge in [-0.15, -0.1) is 0 Å². The highest BCUT2D eigenvalue weighted by Gasteiger charge is 2.50. The van der Waals surface area contributed by atoms with Gasteiger partial charge in [0.25, 0.3) is 5.92 Å². The number of nitrogens with zero attached hydrogens (tertiary/aromatic N) is 4. The van der Waals surface area contributed by atoms with Crippen LogP contribution in [-0.2, 0) is 10.7 Å². The molecule has 0 radical (unpaired) electrons. The van der Waals surface area contributed by atoms with Gasteiger partial charge < -0.3 is 15.0 Å². The molecule has 0 bridgehead atoms. The molecule has 4 heterocycles. The first-order chi connectivity index (χ1) is 14.9. The Morgan fingerprint density at radius 2 is 1.94 bits per heavy atom. The number of aromatic nitrogens is 3. The minimum absolute atomic E-state index is 0.0600. The van der Waals surface area contributed by atoms with Gasteiger partial charge in [-0.1, -0.05) is 0 Å². The number of carbonyl (C=O) groups is 1. The van der Waals surface area contributed by atoms with E-state index in [-0.39, 0.29) is 23.2 Å². The average Bonchev–Trinajstić information content (AvgIpc) is 2.71. The van der Waals surface area contributed by atoms with Crippen LogP contribution in [0.15, 0.2) is 18.5 Å². The lowest BCUT2D eigenvalue weighted by molar-refractivity contribution is -0.206. The fraction of sp³-hybridized carbons (Fsp3) is 0.474. The second-order valence-corrected chi connectivity index (χ2v) is 7.73. The first-order valence-electron chi connectivity index (χ1n) is 9.72. The summed E-state index contributed by atoms with van der Waals surface area (Å²) >= 11 is 0. The first-order valence-corrected chi connectivity index (χ1v) is 9.72. The molecule has 0 spiro atoms. The Labute approximate surface area is 179 Å². The average molecular weight is 458 g/mol. The van der Waals surface area contributed by atoms with E-state index in [1.807, 2.05) is 6.92 Å². The van der Waals surface area contributed by atoms with Crippen LogP contribution in [0.3, 0.4) is 0 Å². The molecule has 2 aliphatic heterocycles. The van der Waals surface area contributed by atoms with Gasteiger partial charge in [0.1, 0.15) is 23.7 Å². The van der Waals surface area contributed by atoms with Crippen molar-refractivity contribution in [2.24, 2.45) is 0 Å². The zero-order valence-corrected chi connectivity index (χ0v) is 17.0. The summed E-state index contributed by atoms with van der Waals surface area (Å²) in [7, 11) is 0. The van der Waals surface area contributed by atoms with E-state index in [1.54, 1.807) is 4.90 Å². The molecule has 1 saturated heterocycles. The molecule has 172 valence electrons. The summed E-state index contributed by atoms with van der Waals surface area (Å²) in [4.78, 5) is 25.3. The summed E-state index contributed by atoms with van der Waals surface area (Å²) in [6, 6.07) is 2.26. The second kappa shape index (κ2) is 7.80. The van der Waals surface area contributed by atoms with Gasteiger partial charge in [-0.3, -0.25) is 5.32 Å². The van der Waals surface area contributed by atoms with E-state index in [9.17, 15) is 26.7 Å². The van der Waals surface area contributed by atoms with Crippen molar-refractivity contribution in [2.45, 2.75) is 38.1 Å². The van der Waals surface area contributed by atoms with E-state index in [2.05, 4.69) is 30.3 Å². The highest BCUT2D eigenvalue weighted by atomic mass is 19.4. The van der Waals surface area contributed by atoms with Gasteiger partial charge in [0.2, 0.25) is 6.10 Å². The van der Waals surface area contributed by atoms with Crippen LogP contribution in [0.5, 0.6) is 0 Å². The van der Waals surface area contributed by atoms with Crippen LogP contribution in [0.25, 0.3) is 11.4 Å². The topological polar surface area (TPSA) is 92.3 Å². The maximum atomic E-state index is 14.3. The van der Waals surface area contributed by atoms with E-state index in [4.69, 9.17) is 0 Å². The van der Waals surface area contributed by atoms with Crippen LogP contribution in [0, 0.1) is 0 Å². The number of cyclic esters (lactones) is 1. The number of fused-ring (bicyclic) bond motifs is 1. The maximum absolute atomic E-state index is 14.3. The normalized spacial score (nSPS) is 21.6. The van der Waals surface area contributed by atoms with Crippen molar-refractivity contribution in [1.82, 2.24) is 20.3 Å². The van der Waals surface area contributed by atoms with Crippen LogP contribution in [0.1, 0.15) is 31.1 Å². The van der Waals surface area contributed by atoms with Gasteiger partial charge in [-0.2, -0.15) is 13.2 Å². The smallest absolute Gasteiger partial charge is 0.430 e. The van der Waals surface area contributed by atoms with Gasteiger partial charge in [0.05, 0.1) is 11.3 Å². The number of rotatable bonds is 3. The molecule has 8 nitrogen and oxygen atoms in total. The number of amides is 1. The lowest BCUT2D eigenvalue weighted by atomic mass is 10.0. The van der Waals surface area contributed by atoms with Gasteiger partial charge >= 0.3 is 12.3 Å². The summed E-state index contributed by atoms with van der Waals surface area (Å²) in [5.74, 6) is -3.52. The molecule has 1 fully saturated rings. The Hall–Kier alpha value is -3.09. The Kier molecular flexibility index (Phi) is 5.39. The van der Waals surface area contributed by atoms with Crippen LogP contribution in [0.4, 0.5) is 38.4 Å². The largest absolute Gasteiger partial charge is 0.431 e. The summed E-state index contributed by atoms with van der Waals surface area (Å²) < 4.78 is 74.0. The van der Waals surface area contributed by atoms with Gasteiger partial charge in [-0.05, 0) is 19.1 Å². The number of halogens is 5. The zero-order chi connectivity index (χ0) is 23.3. The van der Waals surface area contributed by atoms with Crippen LogP contribution < -0.4 is 15.5 Å². The lowest BCUT2D eigenvalue weighted by Gasteiger charge is -2.33. The zero-order valence-electron chi connectivity index (χ0n) is 17.0. The van der Waals surface area contributed by atoms with E-state index >= 15 is 0 Å². The Bertz CT molecular complexity index is 1040. The number of hydrogen-bond donors (Lipinski definition) is 2. The Morgan fingerprint density at radius 3 is 2.59 bits per heavy atom. The number of pyridine rings is 1. The van der Waals surface area contributed by atoms with Crippen molar-refractivity contribution < 1.29 is 31.5 Å². The molecule has 4 rings (SSSR count). The molecule has 32 heavy (non-hydrogen) atoms. The van der Waals surface area contributed by atoms with Crippen LogP contribution in [-0.4, -0.2) is 52.9 Å². The molecule has 13 heteroatoms.